The Morgan fingerprint density at radius 3 is 2.60 bits per heavy atom. The first-order valence-corrected chi connectivity index (χ1v) is 8.00. The van der Waals surface area contributed by atoms with Crippen LogP contribution in [0.3, 0.4) is 0 Å². The third-order valence-electron chi connectivity index (χ3n) is 2.69. The molecule has 2 heterocycles. The highest BCUT2D eigenvalue weighted by atomic mass is 32.2. The number of sulfonamides is 1. The van der Waals surface area contributed by atoms with Crippen molar-refractivity contribution in [3.05, 3.63) is 0 Å². The van der Waals surface area contributed by atoms with Crippen LogP contribution >= 0.6 is 11.3 Å². The van der Waals surface area contributed by atoms with E-state index >= 15 is 0 Å². The van der Waals surface area contributed by atoms with Gasteiger partial charge in [-0.15, -0.1) is 10.2 Å². The van der Waals surface area contributed by atoms with Crippen LogP contribution in [-0.2, 0) is 14.8 Å². The molecule has 0 unspecified atom stereocenters. The lowest BCUT2D eigenvalue weighted by atomic mass is 10.1. The minimum Gasteiger partial charge on any atom is -0.411 e. The summed E-state index contributed by atoms with van der Waals surface area (Å²) in [5, 5.41) is 21.5. The van der Waals surface area contributed by atoms with Crippen molar-refractivity contribution in [2.24, 2.45) is 5.16 Å². The van der Waals surface area contributed by atoms with Crippen LogP contribution in [0.25, 0.3) is 0 Å². The van der Waals surface area contributed by atoms with Gasteiger partial charge in [0, 0.05) is 32.9 Å². The summed E-state index contributed by atoms with van der Waals surface area (Å²) in [7, 11) is -3.72. The average Bonchev–Trinajstić information content (AvgIpc) is 2.87. The minimum absolute atomic E-state index is 0.144. The molecular formula is C9H13N5O4S2. The van der Waals surface area contributed by atoms with Crippen LogP contribution in [0.5, 0.6) is 0 Å². The molecule has 20 heavy (non-hydrogen) atoms. The van der Waals surface area contributed by atoms with Gasteiger partial charge in [-0.1, -0.05) is 16.5 Å². The van der Waals surface area contributed by atoms with Gasteiger partial charge in [-0.2, -0.15) is 4.31 Å². The van der Waals surface area contributed by atoms with E-state index in [9.17, 15) is 13.2 Å². The number of carbonyl (C=O) groups excluding carboxylic acids is 1. The van der Waals surface area contributed by atoms with Crippen molar-refractivity contribution < 1.29 is 18.4 Å². The van der Waals surface area contributed by atoms with Gasteiger partial charge in [0.2, 0.25) is 15.4 Å². The molecule has 0 aromatic carbocycles. The van der Waals surface area contributed by atoms with Crippen molar-refractivity contribution in [3.63, 3.8) is 0 Å². The Bertz CT molecular complexity index is 629. The Morgan fingerprint density at radius 1 is 1.40 bits per heavy atom. The second-order valence-electron chi connectivity index (χ2n) is 4.12. The number of rotatable bonds is 3. The van der Waals surface area contributed by atoms with Gasteiger partial charge in [0.15, 0.2) is 0 Å². The number of nitrogens with one attached hydrogen (secondary N) is 1. The van der Waals surface area contributed by atoms with Crippen LogP contribution in [0.2, 0.25) is 0 Å². The molecule has 0 saturated carbocycles. The van der Waals surface area contributed by atoms with Gasteiger partial charge in [0.05, 0.1) is 5.71 Å². The maximum absolute atomic E-state index is 12.3. The largest absolute Gasteiger partial charge is 0.411 e. The smallest absolute Gasteiger partial charge is 0.272 e. The summed E-state index contributed by atoms with van der Waals surface area (Å²) in [4.78, 5) is 10.9. The fraction of sp³-hybridized carbons (Fsp3) is 0.556. The highest BCUT2D eigenvalue weighted by Gasteiger charge is 2.31. The molecule has 1 aromatic heterocycles. The molecule has 2 N–H and O–H groups in total. The first-order valence-electron chi connectivity index (χ1n) is 5.74. The minimum atomic E-state index is -3.72. The molecule has 1 aliphatic heterocycles. The predicted molar refractivity (Wildman–Crippen MR) is 71.4 cm³/mol. The molecule has 1 saturated heterocycles. The summed E-state index contributed by atoms with van der Waals surface area (Å²) in [6.07, 6.45) is 0.764. The Balaban J connectivity index is 2.14. The van der Waals surface area contributed by atoms with Gasteiger partial charge in [0.25, 0.3) is 10.0 Å². The van der Waals surface area contributed by atoms with Crippen molar-refractivity contribution >= 4 is 38.1 Å². The monoisotopic (exact) mass is 319 g/mol. The van der Waals surface area contributed by atoms with Crippen molar-refractivity contribution in [2.75, 3.05) is 18.4 Å². The summed E-state index contributed by atoms with van der Waals surface area (Å²) in [6, 6.07) is 0. The fourth-order valence-corrected chi connectivity index (χ4v) is 4.24. The van der Waals surface area contributed by atoms with E-state index in [4.69, 9.17) is 5.21 Å². The molecule has 9 nitrogen and oxygen atoms in total. The standard InChI is InChI=1S/C9H13N5O4S2/c1-6(15)10-8-11-12-9(19-8)20(17,18)14-4-2-7(13-16)3-5-14/h16H,2-5H2,1H3,(H,10,11,15). The first kappa shape index (κ1) is 14.8. The van der Waals surface area contributed by atoms with Crippen LogP contribution in [0, 0.1) is 0 Å². The van der Waals surface area contributed by atoms with E-state index in [1.165, 1.54) is 11.2 Å². The lowest BCUT2D eigenvalue weighted by Gasteiger charge is -2.24. The third-order valence-corrected chi connectivity index (χ3v) is 5.77. The molecule has 1 fully saturated rings. The van der Waals surface area contributed by atoms with Gasteiger partial charge in [-0.05, 0) is 0 Å². The number of hydrogen-bond donors (Lipinski definition) is 2. The maximum Gasteiger partial charge on any atom is 0.272 e. The molecule has 0 bridgehead atoms. The second kappa shape index (κ2) is 5.81. The topological polar surface area (TPSA) is 125 Å². The summed E-state index contributed by atoms with van der Waals surface area (Å²) in [5.41, 5.74) is 0.577. The highest BCUT2D eigenvalue weighted by Crippen LogP contribution is 2.25. The first-order chi connectivity index (χ1) is 9.43. The third kappa shape index (κ3) is 3.11. The Hall–Kier alpha value is -1.59. The van der Waals surface area contributed by atoms with E-state index in [1.54, 1.807) is 0 Å². The average molecular weight is 319 g/mol. The Morgan fingerprint density at radius 2 is 2.05 bits per heavy atom. The van der Waals surface area contributed by atoms with Gasteiger partial charge in [-0.3, -0.25) is 4.79 Å². The van der Waals surface area contributed by atoms with Crippen LogP contribution in [0.4, 0.5) is 5.13 Å². The zero-order chi connectivity index (χ0) is 14.8. The number of carbonyl (C=O) groups is 1. The van der Waals surface area contributed by atoms with Crippen molar-refractivity contribution in [1.29, 1.82) is 0 Å². The SMILES string of the molecule is CC(=O)Nc1nnc(S(=O)(=O)N2CCC(=NO)CC2)s1. The van der Waals surface area contributed by atoms with Crippen LogP contribution in [0.1, 0.15) is 19.8 Å². The van der Waals surface area contributed by atoms with E-state index in [0.717, 1.165) is 11.3 Å². The maximum atomic E-state index is 12.3. The summed E-state index contributed by atoms with van der Waals surface area (Å²) in [5.74, 6) is -0.341. The Kier molecular flexibility index (Phi) is 4.30. The van der Waals surface area contributed by atoms with Gasteiger partial charge < -0.3 is 10.5 Å². The van der Waals surface area contributed by atoms with E-state index in [1.807, 2.05) is 0 Å². The van der Waals surface area contributed by atoms with Crippen LogP contribution in [0.15, 0.2) is 9.50 Å². The summed E-state index contributed by atoms with van der Waals surface area (Å²) in [6.45, 7) is 1.77. The van der Waals surface area contributed by atoms with E-state index in [0.29, 0.717) is 18.6 Å². The summed E-state index contributed by atoms with van der Waals surface area (Å²) >= 11 is 0.805. The van der Waals surface area contributed by atoms with Gasteiger partial charge in [-0.25, -0.2) is 8.42 Å². The highest BCUT2D eigenvalue weighted by molar-refractivity contribution is 7.91. The van der Waals surface area contributed by atoms with Gasteiger partial charge >= 0.3 is 0 Å². The number of anilines is 1. The normalized spacial score (nSPS) is 16.9. The van der Waals surface area contributed by atoms with E-state index in [2.05, 4.69) is 20.7 Å². The fourth-order valence-electron chi connectivity index (χ4n) is 1.71. The zero-order valence-electron chi connectivity index (χ0n) is 10.6. The number of aromatic nitrogens is 2. The van der Waals surface area contributed by atoms with Gasteiger partial charge in [0.1, 0.15) is 0 Å². The molecular weight excluding hydrogens is 306 g/mol. The number of amides is 1. The molecule has 11 heteroatoms. The predicted octanol–water partition coefficient (Wildman–Crippen LogP) is 0.111. The molecule has 0 spiro atoms. The quantitative estimate of drug-likeness (QED) is 0.463. The molecule has 0 radical (unpaired) electrons. The molecule has 1 aromatic rings. The summed E-state index contributed by atoms with van der Waals surface area (Å²) < 4.78 is 25.7. The Labute approximate surface area is 119 Å². The molecule has 0 atom stereocenters. The molecule has 0 aliphatic carbocycles. The zero-order valence-corrected chi connectivity index (χ0v) is 12.2. The molecule has 1 aliphatic rings. The number of nitrogens with zero attached hydrogens (tertiary/aromatic N) is 4. The lowest BCUT2D eigenvalue weighted by molar-refractivity contribution is -0.114. The number of hydrogen-bond acceptors (Lipinski definition) is 8. The van der Waals surface area contributed by atoms with Crippen molar-refractivity contribution in [2.45, 2.75) is 24.1 Å². The molecule has 2 rings (SSSR count). The van der Waals surface area contributed by atoms with Crippen molar-refractivity contribution in [3.8, 4) is 0 Å². The van der Waals surface area contributed by atoms with E-state index in [-0.39, 0.29) is 28.5 Å². The van der Waals surface area contributed by atoms with Crippen LogP contribution in [-0.4, -0.2) is 52.8 Å². The van der Waals surface area contributed by atoms with Crippen LogP contribution < -0.4 is 5.32 Å². The molecule has 110 valence electrons. The lowest BCUT2D eigenvalue weighted by Crippen LogP contribution is -2.38. The number of oxime groups is 1. The van der Waals surface area contributed by atoms with E-state index < -0.39 is 10.0 Å². The second-order valence-corrected chi connectivity index (χ2v) is 7.21. The molecule has 1 amide bonds. The van der Waals surface area contributed by atoms with Crippen molar-refractivity contribution in [1.82, 2.24) is 14.5 Å². The number of piperidine rings is 1.